The number of rotatable bonds is 3. The van der Waals surface area contributed by atoms with Crippen molar-refractivity contribution in [2.75, 3.05) is 4.90 Å². The summed E-state index contributed by atoms with van der Waals surface area (Å²) < 4.78 is 13.1. The van der Waals surface area contributed by atoms with Gasteiger partial charge in [-0.05, 0) is 47.9 Å². The normalized spacial score (nSPS) is 11.8. The molecule has 0 aliphatic heterocycles. The largest absolute Gasteiger partial charge is 0.455 e. The van der Waals surface area contributed by atoms with Crippen LogP contribution in [0.5, 0.6) is 0 Å². The molecule has 0 fully saturated rings. The summed E-state index contributed by atoms with van der Waals surface area (Å²) in [5, 5.41) is 6.50. The Kier molecular flexibility index (Phi) is 4.23. The highest BCUT2D eigenvalue weighted by atomic mass is 16.3. The van der Waals surface area contributed by atoms with Crippen molar-refractivity contribution < 1.29 is 8.83 Å². The average molecular weight is 476 g/mol. The summed E-state index contributed by atoms with van der Waals surface area (Å²) in [7, 11) is 0. The Morgan fingerprint density at radius 2 is 0.946 bits per heavy atom. The molecule has 0 unspecified atom stereocenters. The molecule has 8 aromatic rings. The van der Waals surface area contributed by atoms with Gasteiger partial charge in [-0.1, -0.05) is 84.9 Å². The smallest absolute Gasteiger partial charge is 0.147 e. The van der Waals surface area contributed by atoms with E-state index in [1.807, 2.05) is 12.1 Å². The summed E-state index contributed by atoms with van der Waals surface area (Å²) in [5.74, 6) is 0. The molecule has 0 spiro atoms. The second-order valence-corrected chi connectivity index (χ2v) is 9.31. The third kappa shape index (κ3) is 2.88. The van der Waals surface area contributed by atoms with Crippen molar-refractivity contribution in [3.05, 3.63) is 127 Å². The van der Waals surface area contributed by atoms with Crippen molar-refractivity contribution in [3.63, 3.8) is 0 Å². The van der Waals surface area contributed by atoms with E-state index in [-0.39, 0.29) is 0 Å². The molecule has 174 valence electrons. The highest BCUT2D eigenvalue weighted by Gasteiger charge is 2.24. The first-order valence-corrected chi connectivity index (χ1v) is 12.5. The van der Waals surface area contributed by atoms with Crippen LogP contribution in [0.25, 0.3) is 54.6 Å². The number of fused-ring (bicyclic) bond motifs is 10. The van der Waals surface area contributed by atoms with Gasteiger partial charge in [-0.2, -0.15) is 0 Å². The van der Waals surface area contributed by atoms with Gasteiger partial charge in [0.25, 0.3) is 0 Å². The fourth-order valence-electron chi connectivity index (χ4n) is 5.69. The van der Waals surface area contributed by atoms with E-state index in [2.05, 4.69) is 120 Å². The first-order chi connectivity index (χ1) is 18.4. The lowest BCUT2D eigenvalue weighted by molar-refractivity contribution is 0.665. The highest BCUT2D eigenvalue weighted by Crippen LogP contribution is 2.48. The maximum absolute atomic E-state index is 6.72. The number of hydrogen-bond donors (Lipinski definition) is 0. The van der Waals surface area contributed by atoms with Gasteiger partial charge in [0.05, 0.1) is 16.5 Å². The zero-order chi connectivity index (χ0) is 24.3. The van der Waals surface area contributed by atoms with Gasteiger partial charge < -0.3 is 13.7 Å². The minimum atomic E-state index is 0.854. The lowest BCUT2D eigenvalue weighted by Crippen LogP contribution is -2.09. The van der Waals surface area contributed by atoms with Gasteiger partial charge in [0.2, 0.25) is 0 Å². The van der Waals surface area contributed by atoms with E-state index in [0.717, 1.165) is 71.7 Å². The molecule has 37 heavy (non-hydrogen) atoms. The molecule has 0 aliphatic rings. The van der Waals surface area contributed by atoms with Gasteiger partial charge in [-0.3, -0.25) is 0 Å². The monoisotopic (exact) mass is 475 g/mol. The van der Waals surface area contributed by atoms with Gasteiger partial charge in [0.15, 0.2) is 0 Å². The topological polar surface area (TPSA) is 29.5 Å². The number of para-hydroxylation sites is 3. The molecule has 2 heterocycles. The minimum absolute atomic E-state index is 0.854. The van der Waals surface area contributed by atoms with Crippen LogP contribution < -0.4 is 4.90 Å². The van der Waals surface area contributed by atoms with E-state index in [1.165, 1.54) is 0 Å². The number of anilines is 3. The van der Waals surface area contributed by atoms with E-state index < -0.39 is 0 Å². The second kappa shape index (κ2) is 7.74. The van der Waals surface area contributed by atoms with Crippen LogP contribution in [0.1, 0.15) is 0 Å². The number of hydrogen-bond acceptors (Lipinski definition) is 3. The van der Waals surface area contributed by atoms with Gasteiger partial charge in [-0.25, -0.2) is 0 Å². The predicted octanol–water partition coefficient (Wildman–Crippen LogP) is 10.1. The Balaban J connectivity index is 1.59. The van der Waals surface area contributed by atoms with Crippen molar-refractivity contribution in [2.24, 2.45) is 0 Å². The van der Waals surface area contributed by atoms with E-state index >= 15 is 0 Å². The van der Waals surface area contributed by atoms with Gasteiger partial charge in [-0.15, -0.1) is 0 Å². The number of benzene rings is 6. The SMILES string of the molecule is c1ccc(N(c2ccccc2)c2cccc3oc4c5c6ccccc6oc5c5ccccc5c4c23)cc1. The summed E-state index contributed by atoms with van der Waals surface area (Å²) in [4.78, 5) is 2.31. The molecule has 0 amide bonds. The van der Waals surface area contributed by atoms with Crippen molar-refractivity contribution in [1.29, 1.82) is 0 Å². The highest BCUT2D eigenvalue weighted by molar-refractivity contribution is 6.35. The van der Waals surface area contributed by atoms with Crippen LogP contribution in [0.3, 0.4) is 0 Å². The van der Waals surface area contributed by atoms with Crippen LogP contribution in [0.4, 0.5) is 17.1 Å². The van der Waals surface area contributed by atoms with Crippen molar-refractivity contribution in [1.82, 2.24) is 0 Å². The number of furan rings is 2. The molecule has 0 bridgehead atoms. The molecule has 0 radical (unpaired) electrons. The maximum atomic E-state index is 6.72. The first-order valence-electron chi connectivity index (χ1n) is 12.5. The van der Waals surface area contributed by atoms with Gasteiger partial charge in [0.1, 0.15) is 22.3 Å². The summed E-state index contributed by atoms with van der Waals surface area (Å²) in [6.07, 6.45) is 0. The predicted molar refractivity (Wildman–Crippen MR) is 153 cm³/mol. The number of nitrogens with zero attached hydrogens (tertiary/aromatic N) is 1. The van der Waals surface area contributed by atoms with Crippen molar-refractivity contribution >= 4 is 71.7 Å². The molecule has 0 aliphatic carbocycles. The lowest BCUT2D eigenvalue weighted by Gasteiger charge is -2.26. The minimum Gasteiger partial charge on any atom is -0.455 e. The molecule has 0 saturated heterocycles. The summed E-state index contributed by atoms with van der Waals surface area (Å²) in [6, 6.07) is 44.0. The van der Waals surface area contributed by atoms with Crippen LogP contribution >= 0.6 is 0 Å². The Labute approximate surface area is 212 Å². The Hall–Kier alpha value is -5.02. The van der Waals surface area contributed by atoms with Crippen LogP contribution in [-0.2, 0) is 0 Å². The van der Waals surface area contributed by atoms with E-state index in [9.17, 15) is 0 Å². The third-order valence-electron chi connectivity index (χ3n) is 7.23. The van der Waals surface area contributed by atoms with E-state index in [4.69, 9.17) is 8.83 Å². The van der Waals surface area contributed by atoms with Crippen molar-refractivity contribution in [3.8, 4) is 0 Å². The fourth-order valence-corrected chi connectivity index (χ4v) is 5.69. The summed E-state index contributed by atoms with van der Waals surface area (Å²) in [5.41, 5.74) is 6.71. The van der Waals surface area contributed by atoms with E-state index in [0.29, 0.717) is 0 Å². The fraction of sp³-hybridized carbons (Fsp3) is 0. The summed E-state index contributed by atoms with van der Waals surface area (Å²) >= 11 is 0. The molecular formula is C34H21NO2. The van der Waals surface area contributed by atoms with Crippen LogP contribution in [-0.4, -0.2) is 0 Å². The average Bonchev–Trinajstić information content (AvgIpc) is 3.54. The van der Waals surface area contributed by atoms with E-state index in [1.54, 1.807) is 0 Å². The molecule has 8 rings (SSSR count). The van der Waals surface area contributed by atoms with Gasteiger partial charge >= 0.3 is 0 Å². The molecule has 0 saturated carbocycles. The quantitative estimate of drug-likeness (QED) is 0.255. The Morgan fingerprint density at radius 1 is 0.378 bits per heavy atom. The zero-order valence-corrected chi connectivity index (χ0v) is 19.9. The summed E-state index contributed by atoms with van der Waals surface area (Å²) in [6.45, 7) is 0. The van der Waals surface area contributed by atoms with Gasteiger partial charge in [0, 0.05) is 27.5 Å². The molecule has 3 heteroatoms. The molecule has 0 atom stereocenters. The van der Waals surface area contributed by atoms with Crippen molar-refractivity contribution in [2.45, 2.75) is 0 Å². The molecular weight excluding hydrogens is 454 g/mol. The van der Waals surface area contributed by atoms with Crippen LogP contribution in [0.15, 0.2) is 136 Å². The Bertz CT molecular complexity index is 2050. The van der Waals surface area contributed by atoms with Crippen LogP contribution in [0.2, 0.25) is 0 Å². The zero-order valence-electron chi connectivity index (χ0n) is 19.9. The third-order valence-corrected chi connectivity index (χ3v) is 7.23. The maximum Gasteiger partial charge on any atom is 0.147 e. The standard InChI is InChI=1S/C34H21NO2/c1-3-12-22(13-4-1)35(23-14-5-2-6-15-23)27-19-11-21-29-32(27)30-24-16-7-8-17-25(24)33-31(34(30)37-29)26-18-9-10-20-28(26)36-33/h1-21H. The van der Waals surface area contributed by atoms with Crippen LogP contribution in [0, 0.1) is 0 Å². The molecule has 0 N–H and O–H groups in total. The second-order valence-electron chi connectivity index (χ2n) is 9.31. The lowest BCUT2D eigenvalue weighted by atomic mass is 9.98. The Morgan fingerprint density at radius 3 is 1.68 bits per heavy atom. The molecule has 2 aromatic heterocycles. The molecule has 6 aromatic carbocycles. The first kappa shape index (κ1) is 20.2. The molecule has 3 nitrogen and oxygen atoms in total.